The van der Waals surface area contributed by atoms with Gasteiger partial charge in [-0.1, -0.05) is 112 Å². The van der Waals surface area contributed by atoms with Crippen molar-refractivity contribution in [2.24, 2.45) is 0 Å². The molecule has 14 rings (SSSR count). The van der Waals surface area contributed by atoms with Crippen LogP contribution in [0.25, 0.3) is 102 Å². The van der Waals surface area contributed by atoms with Crippen LogP contribution in [0.3, 0.4) is 0 Å². The Kier molecular flexibility index (Phi) is 6.38. The summed E-state index contributed by atoms with van der Waals surface area (Å²) in [7, 11) is 0. The Balaban J connectivity index is 1.14. The maximum atomic E-state index is 6.61. The topological polar surface area (TPSA) is 34.2 Å². The molecule has 7 heteroatoms. The molecule has 0 amide bonds. The van der Waals surface area contributed by atoms with Gasteiger partial charge in [0, 0.05) is 69.9 Å². The zero-order valence-corrected chi connectivity index (χ0v) is 34.7. The molecule has 6 heterocycles. The molecule has 0 saturated carbocycles. The molecule has 8 aromatic carbocycles. The fraction of sp³-hybridized carbons (Fsp3) is 0.0755. The van der Waals surface area contributed by atoms with Crippen molar-refractivity contribution in [2.45, 2.75) is 26.2 Å². The molecule has 12 aromatic rings. The minimum Gasteiger partial charge on any atom is -0.456 e. The Bertz CT molecular complexity index is 3830. The molecule has 0 aliphatic carbocycles. The van der Waals surface area contributed by atoms with Gasteiger partial charge in [-0.3, -0.25) is 0 Å². The van der Waals surface area contributed by atoms with E-state index in [4.69, 9.17) is 9.40 Å². The van der Waals surface area contributed by atoms with Gasteiger partial charge < -0.3 is 13.8 Å². The molecule has 0 spiro atoms. The number of hydrogen-bond acceptors (Lipinski definition) is 5. The summed E-state index contributed by atoms with van der Waals surface area (Å²) < 4.78 is 13.0. The number of para-hydroxylation sites is 1. The first-order valence-electron chi connectivity index (χ1n) is 20.6. The summed E-state index contributed by atoms with van der Waals surface area (Å²) in [6.45, 7) is 6.75. The van der Waals surface area contributed by atoms with Crippen molar-refractivity contribution in [2.75, 3.05) is 4.81 Å². The van der Waals surface area contributed by atoms with E-state index >= 15 is 0 Å². The standard InChI is InChI=1S/C53H34BN3OS2/c1-53(2,3)30-17-19-31(20-18-30)57-43-24-38-32-13-7-9-15-45(32)58-46(38)25-37(43)34-21-22-35-36-23-39-33-14-8-10-16-47(33)59-48(39)27-42(36)56-44-28-49-41(26-40(44)54(57)50(34)51(35)56)55-52(60-49)29-11-5-4-6-12-29/h4-28H,1-3H3. The molecule has 282 valence electrons. The van der Waals surface area contributed by atoms with Crippen LogP contribution in [0.4, 0.5) is 11.4 Å². The van der Waals surface area contributed by atoms with Crippen LogP contribution < -0.4 is 15.7 Å². The highest BCUT2D eigenvalue weighted by molar-refractivity contribution is 7.26. The van der Waals surface area contributed by atoms with Crippen LogP contribution in [0.15, 0.2) is 156 Å². The van der Waals surface area contributed by atoms with Crippen LogP contribution in [0, 0.1) is 0 Å². The highest BCUT2D eigenvalue weighted by Crippen LogP contribution is 2.49. The Morgan fingerprint density at radius 3 is 2.22 bits per heavy atom. The zero-order chi connectivity index (χ0) is 39.6. The molecular weight excluding hydrogens is 770 g/mol. The normalized spacial score (nSPS) is 13.5. The number of anilines is 2. The third-order valence-corrected chi connectivity index (χ3v) is 15.3. The van der Waals surface area contributed by atoms with Gasteiger partial charge in [-0.25, -0.2) is 4.98 Å². The largest absolute Gasteiger partial charge is 0.456 e. The summed E-state index contributed by atoms with van der Waals surface area (Å²) in [4.78, 5) is 7.97. The van der Waals surface area contributed by atoms with Gasteiger partial charge in [0.25, 0.3) is 0 Å². The predicted octanol–water partition coefficient (Wildman–Crippen LogP) is 13.9. The van der Waals surface area contributed by atoms with E-state index in [2.05, 4.69) is 182 Å². The van der Waals surface area contributed by atoms with Gasteiger partial charge >= 0.3 is 6.85 Å². The van der Waals surface area contributed by atoms with E-state index in [0.29, 0.717) is 0 Å². The fourth-order valence-corrected chi connectivity index (χ4v) is 12.5. The number of furan rings is 1. The molecule has 0 radical (unpaired) electrons. The van der Waals surface area contributed by atoms with Crippen molar-refractivity contribution < 1.29 is 4.42 Å². The van der Waals surface area contributed by atoms with Gasteiger partial charge in [0.1, 0.15) is 16.2 Å². The van der Waals surface area contributed by atoms with Crippen molar-refractivity contribution in [1.29, 1.82) is 0 Å². The smallest absolute Gasteiger partial charge is 0.333 e. The van der Waals surface area contributed by atoms with E-state index in [0.717, 1.165) is 43.7 Å². The lowest BCUT2D eigenvalue weighted by molar-refractivity contribution is 0.590. The number of nitrogens with zero attached hydrogens (tertiary/aromatic N) is 3. The van der Waals surface area contributed by atoms with Gasteiger partial charge in [-0.05, 0) is 88.1 Å². The lowest BCUT2D eigenvalue weighted by Gasteiger charge is -2.42. The predicted molar refractivity (Wildman–Crippen MR) is 257 cm³/mol. The van der Waals surface area contributed by atoms with Gasteiger partial charge in [-0.2, -0.15) is 0 Å². The first kappa shape index (κ1) is 33.2. The number of aromatic nitrogens is 2. The summed E-state index contributed by atoms with van der Waals surface area (Å²) in [6, 6.07) is 56.4. The van der Waals surface area contributed by atoms with Crippen molar-refractivity contribution in [1.82, 2.24) is 9.55 Å². The van der Waals surface area contributed by atoms with E-state index in [1.165, 1.54) is 85.7 Å². The molecular formula is C53H34BN3OS2. The molecule has 4 nitrogen and oxygen atoms in total. The third kappa shape index (κ3) is 4.38. The Hall–Kier alpha value is -6.67. The average Bonchev–Trinajstić information content (AvgIpc) is 4.04. The first-order chi connectivity index (χ1) is 29.4. The average molecular weight is 804 g/mol. The number of thiophene rings is 1. The van der Waals surface area contributed by atoms with Crippen LogP contribution in [0.1, 0.15) is 26.3 Å². The fourth-order valence-electron chi connectivity index (χ4n) is 10.4. The summed E-state index contributed by atoms with van der Waals surface area (Å²) >= 11 is 3.67. The molecule has 0 atom stereocenters. The second kappa shape index (κ2) is 11.5. The van der Waals surface area contributed by atoms with E-state index < -0.39 is 0 Å². The molecule has 0 fully saturated rings. The first-order valence-corrected chi connectivity index (χ1v) is 22.3. The number of fused-ring (bicyclic) bond motifs is 15. The van der Waals surface area contributed by atoms with E-state index in [1.54, 1.807) is 11.3 Å². The minimum absolute atomic E-state index is 0.0309. The second-order valence-electron chi connectivity index (χ2n) is 17.5. The van der Waals surface area contributed by atoms with Crippen molar-refractivity contribution in [3.8, 4) is 27.4 Å². The molecule has 2 aliphatic heterocycles. The van der Waals surface area contributed by atoms with Crippen LogP contribution in [0.5, 0.6) is 0 Å². The monoisotopic (exact) mass is 803 g/mol. The summed E-state index contributed by atoms with van der Waals surface area (Å²) in [5, 5.41) is 8.50. The van der Waals surface area contributed by atoms with E-state index in [-0.39, 0.29) is 12.3 Å². The van der Waals surface area contributed by atoms with Crippen molar-refractivity contribution in [3.63, 3.8) is 0 Å². The molecule has 4 aromatic heterocycles. The van der Waals surface area contributed by atoms with Crippen molar-refractivity contribution >= 4 is 126 Å². The van der Waals surface area contributed by atoms with E-state index in [1.807, 2.05) is 11.3 Å². The van der Waals surface area contributed by atoms with Gasteiger partial charge in [0.2, 0.25) is 0 Å². The Labute approximate surface area is 353 Å². The van der Waals surface area contributed by atoms with Crippen LogP contribution >= 0.6 is 22.7 Å². The number of rotatable bonds is 2. The highest BCUT2D eigenvalue weighted by Gasteiger charge is 2.44. The van der Waals surface area contributed by atoms with E-state index in [9.17, 15) is 0 Å². The third-order valence-electron chi connectivity index (χ3n) is 13.1. The second-order valence-corrected chi connectivity index (χ2v) is 19.6. The number of benzene rings is 8. The van der Waals surface area contributed by atoms with Crippen LogP contribution in [-0.2, 0) is 5.41 Å². The van der Waals surface area contributed by atoms with Crippen LogP contribution in [0.2, 0.25) is 0 Å². The Morgan fingerprint density at radius 1 is 0.567 bits per heavy atom. The van der Waals surface area contributed by atoms with Gasteiger partial charge in [0.15, 0.2) is 0 Å². The highest BCUT2D eigenvalue weighted by atomic mass is 32.1. The molecule has 2 aliphatic rings. The molecule has 0 unspecified atom stereocenters. The minimum atomic E-state index is -0.118. The van der Waals surface area contributed by atoms with Gasteiger partial charge in [0.05, 0.1) is 21.3 Å². The Morgan fingerprint density at radius 2 is 1.37 bits per heavy atom. The number of thiazole rings is 1. The lowest BCUT2D eigenvalue weighted by atomic mass is 9.44. The molecule has 60 heavy (non-hydrogen) atoms. The maximum absolute atomic E-state index is 6.61. The van der Waals surface area contributed by atoms with Crippen LogP contribution in [-0.4, -0.2) is 16.4 Å². The summed E-state index contributed by atoms with van der Waals surface area (Å²) in [5.74, 6) is 0. The molecule has 0 saturated heterocycles. The summed E-state index contributed by atoms with van der Waals surface area (Å²) in [5.41, 5.74) is 16.4. The maximum Gasteiger partial charge on any atom is 0.333 e. The quantitative estimate of drug-likeness (QED) is 0.163. The molecule has 0 bridgehead atoms. The SMILES string of the molecule is CC(C)(C)c1ccc(N2B3c4cc5nc(-c6ccccc6)sc5cc4-n4c5cc6sc7ccccc7c6cc5c5ccc(c3c54)-c3cc4oc5ccccc5c4cc32)cc1. The molecule has 0 N–H and O–H groups in total. The van der Waals surface area contributed by atoms with Gasteiger partial charge in [-0.15, -0.1) is 22.7 Å². The number of hydrogen-bond donors (Lipinski definition) is 0. The zero-order valence-electron chi connectivity index (χ0n) is 33.1. The van der Waals surface area contributed by atoms with Crippen molar-refractivity contribution in [3.05, 3.63) is 157 Å². The summed E-state index contributed by atoms with van der Waals surface area (Å²) in [6.07, 6.45) is 0. The lowest BCUT2D eigenvalue weighted by Crippen LogP contribution is -2.60.